The van der Waals surface area contributed by atoms with Crippen LogP contribution in [0.1, 0.15) is 25.3 Å². The summed E-state index contributed by atoms with van der Waals surface area (Å²) in [5, 5.41) is 8.12. The van der Waals surface area contributed by atoms with E-state index in [4.69, 9.17) is 16.3 Å². The van der Waals surface area contributed by atoms with Crippen LogP contribution in [-0.2, 0) is 0 Å². The summed E-state index contributed by atoms with van der Waals surface area (Å²) in [6, 6.07) is 7.72. The van der Waals surface area contributed by atoms with Crippen molar-refractivity contribution < 1.29 is 4.74 Å². The summed E-state index contributed by atoms with van der Waals surface area (Å²) < 4.78 is 6.01. The molecule has 0 aliphatic carbocycles. The number of aromatic nitrogens is 2. The van der Waals surface area contributed by atoms with Gasteiger partial charge in [0.2, 0.25) is 5.88 Å². The lowest BCUT2D eigenvalue weighted by molar-refractivity contribution is 0.0545. The number of hydrogen-bond acceptors (Lipinski definition) is 3. The Labute approximate surface area is 130 Å². The van der Waals surface area contributed by atoms with Crippen LogP contribution in [0, 0.1) is 6.92 Å². The van der Waals surface area contributed by atoms with Gasteiger partial charge < -0.3 is 4.74 Å². The predicted octanol–water partition coefficient (Wildman–Crippen LogP) is 3.86. The molecule has 1 atom stereocenters. The van der Waals surface area contributed by atoms with Crippen LogP contribution in [0.15, 0.2) is 24.3 Å². The summed E-state index contributed by atoms with van der Waals surface area (Å²) in [6.45, 7) is 6.32. The lowest BCUT2D eigenvalue weighted by Gasteiger charge is -2.23. The van der Waals surface area contributed by atoms with Crippen molar-refractivity contribution in [2.45, 2.75) is 32.9 Å². The molecule has 1 aliphatic heterocycles. The second-order valence-electron chi connectivity index (χ2n) is 5.50. The Kier molecular flexibility index (Phi) is 4.17. The van der Waals surface area contributed by atoms with E-state index in [0.29, 0.717) is 5.88 Å². The molecule has 0 spiro atoms. The average molecular weight is 306 g/mol. The molecule has 5 heteroatoms. The van der Waals surface area contributed by atoms with Gasteiger partial charge in [0.25, 0.3) is 0 Å². The molecule has 1 aromatic heterocycles. The molecular weight excluding hydrogens is 286 g/mol. The standard InChI is InChI=1S/C16H20ClN3O/c1-11-15(13-5-7-14(17)8-6-13)18-19-16(11)21-12(2)20-9-3-4-10-20/h5-8,12H,3-4,9-10H2,1-2H3,(H,18,19). The Bertz CT molecular complexity index is 602. The SMILES string of the molecule is Cc1c(OC(C)N2CCCC2)n[nH]c1-c1ccc(Cl)cc1. The van der Waals surface area contributed by atoms with Crippen molar-refractivity contribution in [2.75, 3.05) is 13.1 Å². The maximum atomic E-state index is 6.01. The number of likely N-dealkylation sites (tertiary alicyclic amines) is 1. The number of H-pyrrole nitrogens is 1. The monoisotopic (exact) mass is 305 g/mol. The van der Waals surface area contributed by atoms with Crippen molar-refractivity contribution in [3.8, 4) is 17.1 Å². The first-order valence-corrected chi connectivity index (χ1v) is 7.74. The Hall–Kier alpha value is -1.52. The Morgan fingerprint density at radius 3 is 2.57 bits per heavy atom. The summed E-state index contributed by atoms with van der Waals surface area (Å²) >= 11 is 5.93. The van der Waals surface area contributed by atoms with E-state index in [1.165, 1.54) is 12.8 Å². The van der Waals surface area contributed by atoms with Crippen LogP contribution < -0.4 is 4.74 Å². The fraction of sp³-hybridized carbons (Fsp3) is 0.438. The average Bonchev–Trinajstić information content (AvgIpc) is 3.11. The predicted molar refractivity (Wildman–Crippen MR) is 84.7 cm³/mol. The van der Waals surface area contributed by atoms with Crippen LogP contribution in [-0.4, -0.2) is 34.4 Å². The van der Waals surface area contributed by atoms with Crippen molar-refractivity contribution in [1.29, 1.82) is 0 Å². The third-order valence-electron chi connectivity index (χ3n) is 4.04. The number of ether oxygens (including phenoxy) is 1. The number of benzene rings is 1. The highest BCUT2D eigenvalue weighted by atomic mass is 35.5. The molecule has 112 valence electrons. The van der Waals surface area contributed by atoms with E-state index in [1.807, 2.05) is 31.2 Å². The van der Waals surface area contributed by atoms with E-state index in [1.54, 1.807) is 0 Å². The van der Waals surface area contributed by atoms with Crippen LogP contribution in [0.2, 0.25) is 5.02 Å². The first-order chi connectivity index (χ1) is 10.1. The number of nitrogens with zero attached hydrogens (tertiary/aromatic N) is 2. The van der Waals surface area contributed by atoms with E-state index in [-0.39, 0.29) is 6.23 Å². The lowest BCUT2D eigenvalue weighted by Crippen LogP contribution is -2.34. The number of halogens is 1. The molecule has 2 heterocycles. The van der Waals surface area contributed by atoms with Gasteiger partial charge in [0.1, 0.15) is 0 Å². The molecular formula is C16H20ClN3O. The molecule has 1 unspecified atom stereocenters. The molecule has 1 fully saturated rings. The first-order valence-electron chi connectivity index (χ1n) is 7.37. The van der Waals surface area contributed by atoms with Crippen molar-refractivity contribution in [2.24, 2.45) is 0 Å². The molecule has 0 radical (unpaired) electrons. The second kappa shape index (κ2) is 6.08. The highest BCUT2D eigenvalue weighted by molar-refractivity contribution is 6.30. The minimum atomic E-state index is 0.0626. The van der Waals surface area contributed by atoms with E-state index in [9.17, 15) is 0 Å². The number of hydrogen-bond donors (Lipinski definition) is 1. The van der Waals surface area contributed by atoms with Gasteiger partial charge in [0, 0.05) is 29.2 Å². The summed E-state index contributed by atoms with van der Waals surface area (Å²) in [6.07, 6.45) is 2.57. The molecule has 2 aromatic rings. The zero-order chi connectivity index (χ0) is 14.8. The van der Waals surface area contributed by atoms with E-state index in [2.05, 4.69) is 22.0 Å². The molecule has 1 N–H and O–H groups in total. The zero-order valence-corrected chi connectivity index (χ0v) is 13.2. The molecule has 1 aromatic carbocycles. The van der Waals surface area contributed by atoms with Crippen LogP contribution in [0.4, 0.5) is 0 Å². The molecule has 1 aliphatic rings. The van der Waals surface area contributed by atoms with Gasteiger partial charge in [-0.1, -0.05) is 23.7 Å². The highest BCUT2D eigenvalue weighted by Crippen LogP contribution is 2.29. The summed E-state index contributed by atoms with van der Waals surface area (Å²) in [7, 11) is 0. The van der Waals surface area contributed by atoms with E-state index >= 15 is 0 Å². The summed E-state index contributed by atoms with van der Waals surface area (Å²) in [5.74, 6) is 0.680. The van der Waals surface area contributed by atoms with Crippen LogP contribution in [0.3, 0.4) is 0 Å². The normalized spacial score (nSPS) is 17.1. The van der Waals surface area contributed by atoms with Gasteiger partial charge in [-0.2, -0.15) is 0 Å². The zero-order valence-electron chi connectivity index (χ0n) is 12.4. The van der Waals surface area contributed by atoms with Crippen LogP contribution in [0.25, 0.3) is 11.3 Å². The first kappa shape index (κ1) is 14.4. The van der Waals surface area contributed by atoms with Gasteiger partial charge in [-0.05, 0) is 38.8 Å². The van der Waals surface area contributed by atoms with Gasteiger partial charge in [0.05, 0.1) is 5.69 Å². The topological polar surface area (TPSA) is 41.1 Å². The second-order valence-corrected chi connectivity index (χ2v) is 5.93. The fourth-order valence-electron chi connectivity index (χ4n) is 2.73. The van der Waals surface area contributed by atoms with Crippen molar-refractivity contribution in [3.63, 3.8) is 0 Å². The van der Waals surface area contributed by atoms with Crippen LogP contribution in [0.5, 0.6) is 5.88 Å². The summed E-state index contributed by atoms with van der Waals surface area (Å²) in [5.41, 5.74) is 3.08. The molecule has 0 amide bonds. The molecule has 1 saturated heterocycles. The van der Waals surface area contributed by atoms with E-state index in [0.717, 1.165) is 34.9 Å². The molecule has 21 heavy (non-hydrogen) atoms. The molecule has 0 saturated carbocycles. The number of nitrogens with one attached hydrogen (secondary N) is 1. The largest absolute Gasteiger partial charge is 0.457 e. The Morgan fingerprint density at radius 1 is 1.24 bits per heavy atom. The van der Waals surface area contributed by atoms with Gasteiger partial charge in [-0.25, -0.2) is 0 Å². The third-order valence-corrected chi connectivity index (χ3v) is 4.29. The fourth-order valence-corrected chi connectivity index (χ4v) is 2.86. The maximum Gasteiger partial charge on any atom is 0.237 e. The molecule has 3 rings (SSSR count). The lowest BCUT2D eigenvalue weighted by atomic mass is 10.1. The van der Waals surface area contributed by atoms with E-state index < -0.39 is 0 Å². The molecule has 0 bridgehead atoms. The van der Waals surface area contributed by atoms with Crippen molar-refractivity contribution in [3.05, 3.63) is 34.9 Å². The van der Waals surface area contributed by atoms with Crippen LogP contribution >= 0.6 is 11.6 Å². The van der Waals surface area contributed by atoms with Crippen molar-refractivity contribution >= 4 is 11.6 Å². The Balaban J connectivity index is 1.77. The third kappa shape index (κ3) is 3.06. The van der Waals surface area contributed by atoms with Gasteiger partial charge in [-0.15, -0.1) is 5.10 Å². The van der Waals surface area contributed by atoms with Crippen molar-refractivity contribution in [1.82, 2.24) is 15.1 Å². The minimum Gasteiger partial charge on any atom is -0.457 e. The van der Waals surface area contributed by atoms with Gasteiger partial charge in [0.15, 0.2) is 6.23 Å². The quantitative estimate of drug-likeness (QED) is 0.932. The van der Waals surface area contributed by atoms with Gasteiger partial charge in [-0.3, -0.25) is 10.00 Å². The Morgan fingerprint density at radius 2 is 1.90 bits per heavy atom. The van der Waals surface area contributed by atoms with Gasteiger partial charge >= 0.3 is 0 Å². The number of aromatic amines is 1. The minimum absolute atomic E-state index is 0.0626. The maximum absolute atomic E-state index is 6.01. The number of rotatable bonds is 4. The smallest absolute Gasteiger partial charge is 0.237 e. The summed E-state index contributed by atoms with van der Waals surface area (Å²) in [4.78, 5) is 2.34. The highest BCUT2D eigenvalue weighted by Gasteiger charge is 2.21. The molecule has 4 nitrogen and oxygen atoms in total.